The summed E-state index contributed by atoms with van der Waals surface area (Å²) in [5, 5.41) is 9.91. The lowest BCUT2D eigenvalue weighted by Gasteiger charge is -2.45. The van der Waals surface area contributed by atoms with Gasteiger partial charge in [0.1, 0.15) is 5.75 Å². The van der Waals surface area contributed by atoms with E-state index < -0.39 is 0 Å². The lowest BCUT2D eigenvalue weighted by Crippen LogP contribution is -2.49. The van der Waals surface area contributed by atoms with Crippen LogP contribution >= 0.6 is 0 Å². The van der Waals surface area contributed by atoms with Gasteiger partial charge in [0.05, 0.1) is 12.5 Å². The minimum Gasteiger partial charge on any atom is -0.508 e. The summed E-state index contributed by atoms with van der Waals surface area (Å²) in [6.45, 7) is 9.41. The number of phenols is 1. The molecule has 156 valence electrons. The van der Waals surface area contributed by atoms with Gasteiger partial charge in [0, 0.05) is 13.1 Å². The predicted molar refractivity (Wildman–Crippen MR) is 116 cm³/mol. The average molecular weight is 396 g/mol. The van der Waals surface area contributed by atoms with E-state index in [0.29, 0.717) is 31.2 Å². The maximum Gasteiger partial charge on any atom is 0.310 e. The molecule has 3 atom stereocenters. The molecule has 0 aromatic heterocycles. The molecule has 0 saturated carbocycles. The van der Waals surface area contributed by atoms with Crippen molar-refractivity contribution in [1.82, 2.24) is 4.90 Å². The van der Waals surface area contributed by atoms with Crippen LogP contribution in [-0.4, -0.2) is 42.2 Å². The topological polar surface area (TPSA) is 49.8 Å². The molecule has 2 aromatic carbocycles. The minimum atomic E-state index is -0.158. The highest BCUT2D eigenvalue weighted by Gasteiger charge is 2.39. The van der Waals surface area contributed by atoms with Crippen molar-refractivity contribution < 1.29 is 14.6 Å². The van der Waals surface area contributed by atoms with Crippen LogP contribution in [0.2, 0.25) is 0 Å². The van der Waals surface area contributed by atoms with Crippen molar-refractivity contribution in [3.05, 3.63) is 65.7 Å². The molecule has 0 amide bonds. The van der Waals surface area contributed by atoms with Gasteiger partial charge in [0.2, 0.25) is 0 Å². The maximum atomic E-state index is 12.6. The Morgan fingerprint density at radius 3 is 2.66 bits per heavy atom. The summed E-state index contributed by atoms with van der Waals surface area (Å²) in [7, 11) is 0. The van der Waals surface area contributed by atoms with E-state index in [1.165, 1.54) is 11.1 Å². The van der Waals surface area contributed by atoms with E-state index in [1.807, 2.05) is 37.3 Å². The van der Waals surface area contributed by atoms with Crippen molar-refractivity contribution in [2.24, 2.45) is 11.8 Å². The molecule has 29 heavy (non-hydrogen) atoms. The predicted octanol–water partition coefficient (Wildman–Crippen LogP) is 4.41. The second-order valence-electron chi connectivity index (χ2n) is 8.52. The number of hydrogen-bond acceptors (Lipinski definition) is 4. The molecular formula is C25H33NO3. The van der Waals surface area contributed by atoms with E-state index in [-0.39, 0.29) is 17.3 Å². The summed E-state index contributed by atoms with van der Waals surface area (Å²) in [4.78, 5) is 15.0. The molecule has 1 aliphatic rings. The highest BCUT2D eigenvalue weighted by atomic mass is 16.5. The number of carbonyl (C=O) groups excluding carboxylic acids is 1. The van der Waals surface area contributed by atoms with Gasteiger partial charge < -0.3 is 14.7 Å². The van der Waals surface area contributed by atoms with Gasteiger partial charge in [-0.3, -0.25) is 4.79 Å². The third-order valence-electron chi connectivity index (χ3n) is 6.50. The first-order valence-corrected chi connectivity index (χ1v) is 10.6. The van der Waals surface area contributed by atoms with E-state index in [4.69, 9.17) is 4.74 Å². The van der Waals surface area contributed by atoms with Gasteiger partial charge in [0.25, 0.3) is 0 Å². The molecule has 4 heteroatoms. The second kappa shape index (κ2) is 9.45. The molecule has 1 N–H and O–H groups in total. The molecule has 1 saturated heterocycles. The second-order valence-corrected chi connectivity index (χ2v) is 8.52. The number of phenolic OH excluding ortho intramolecular Hbond substituents is 1. The summed E-state index contributed by atoms with van der Waals surface area (Å²) >= 11 is 0. The van der Waals surface area contributed by atoms with Crippen LogP contribution in [0.4, 0.5) is 0 Å². The number of nitrogens with zero attached hydrogens (tertiary/aromatic N) is 1. The first-order chi connectivity index (χ1) is 13.9. The lowest BCUT2D eigenvalue weighted by atomic mass is 9.68. The zero-order valence-corrected chi connectivity index (χ0v) is 17.8. The quantitative estimate of drug-likeness (QED) is 0.706. The first kappa shape index (κ1) is 21.4. The summed E-state index contributed by atoms with van der Waals surface area (Å²) in [6.07, 6.45) is 1.70. The Bertz CT molecular complexity index is 807. The van der Waals surface area contributed by atoms with Gasteiger partial charge in [-0.25, -0.2) is 0 Å². The zero-order valence-electron chi connectivity index (χ0n) is 17.8. The molecule has 2 aromatic rings. The van der Waals surface area contributed by atoms with Gasteiger partial charge in [-0.15, -0.1) is 0 Å². The van der Waals surface area contributed by atoms with Crippen LogP contribution in [0.3, 0.4) is 0 Å². The number of rotatable bonds is 7. The molecule has 3 rings (SSSR count). The Morgan fingerprint density at radius 2 is 2.00 bits per heavy atom. The number of aromatic hydroxyl groups is 1. The van der Waals surface area contributed by atoms with Crippen LogP contribution in [0.5, 0.6) is 5.75 Å². The molecule has 0 spiro atoms. The molecule has 0 radical (unpaired) electrons. The van der Waals surface area contributed by atoms with Crippen LogP contribution in [0, 0.1) is 11.8 Å². The van der Waals surface area contributed by atoms with Gasteiger partial charge in [-0.05, 0) is 60.9 Å². The number of likely N-dealkylation sites (tertiary alicyclic amines) is 1. The van der Waals surface area contributed by atoms with Crippen molar-refractivity contribution in [1.29, 1.82) is 0 Å². The van der Waals surface area contributed by atoms with Crippen LogP contribution in [-0.2, 0) is 21.4 Å². The molecule has 1 heterocycles. The fraction of sp³-hybridized carbons (Fsp3) is 0.480. The van der Waals surface area contributed by atoms with Crippen LogP contribution in [0.25, 0.3) is 0 Å². The highest BCUT2D eigenvalue weighted by Crippen LogP contribution is 2.40. The van der Waals surface area contributed by atoms with Gasteiger partial charge in [-0.2, -0.15) is 0 Å². The van der Waals surface area contributed by atoms with Crippen LogP contribution in [0.1, 0.15) is 38.3 Å². The fourth-order valence-electron chi connectivity index (χ4n) is 4.47. The molecule has 4 nitrogen and oxygen atoms in total. The van der Waals surface area contributed by atoms with Crippen molar-refractivity contribution in [3.63, 3.8) is 0 Å². The average Bonchev–Trinajstić information content (AvgIpc) is 2.71. The number of hydrogen-bond donors (Lipinski definition) is 1. The number of piperidine rings is 1. The van der Waals surface area contributed by atoms with Crippen molar-refractivity contribution in [2.45, 2.75) is 39.0 Å². The molecule has 0 bridgehead atoms. The largest absolute Gasteiger partial charge is 0.508 e. The van der Waals surface area contributed by atoms with Gasteiger partial charge >= 0.3 is 5.97 Å². The fourth-order valence-corrected chi connectivity index (χ4v) is 4.47. The minimum absolute atomic E-state index is 0.0219. The summed E-state index contributed by atoms with van der Waals surface area (Å²) in [5.74, 6) is 0.473. The van der Waals surface area contributed by atoms with E-state index in [9.17, 15) is 9.90 Å². The van der Waals surface area contributed by atoms with Gasteiger partial charge in [-0.1, -0.05) is 56.3 Å². The monoisotopic (exact) mass is 395 g/mol. The van der Waals surface area contributed by atoms with Crippen LogP contribution in [0.15, 0.2) is 54.6 Å². The van der Waals surface area contributed by atoms with Crippen molar-refractivity contribution >= 4 is 5.97 Å². The number of esters is 1. The lowest BCUT2D eigenvalue weighted by molar-refractivity contribution is -0.149. The normalized spacial score (nSPS) is 23.5. The Morgan fingerprint density at radius 1 is 1.24 bits per heavy atom. The summed E-state index contributed by atoms with van der Waals surface area (Å²) < 4.78 is 5.37. The van der Waals surface area contributed by atoms with E-state index >= 15 is 0 Å². The molecule has 1 aliphatic heterocycles. The third-order valence-corrected chi connectivity index (χ3v) is 6.50. The summed E-state index contributed by atoms with van der Waals surface area (Å²) in [6, 6.07) is 17.8. The first-order valence-electron chi connectivity index (χ1n) is 10.6. The van der Waals surface area contributed by atoms with Crippen LogP contribution < -0.4 is 0 Å². The molecule has 0 aliphatic carbocycles. The highest BCUT2D eigenvalue weighted by molar-refractivity contribution is 5.73. The zero-order chi connectivity index (χ0) is 20.9. The standard InChI is InChI=1S/C25H33NO3/c1-4-29-24(28)21(15-20-9-6-5-7-10-20)18-26-14-13-25(3,19(2)17-26)22-11-8-12-23(27)16-22/h5-12,16,19,21,27H,4,13-15,17-18H2,1-3H3/t19-,21-,25+/m0/s1. The number of ether oxygens (including phenoxy) is 1. The smallest absolute Gasteiger partial charge is 0.310 e. The number of benzene rings is 2. The Kier molecular flexibility index (Phi) is 6.96. The number of carbonyl (C=O) groups is 1. The van der Waals surface area contributed by atoms with Gasteiger partial charge in [0.15, 0.2) is 0 Å². The summed E-state index contributed by atoms with van der Waals surface area (Å²) in [5.41, 5.74) is 2.38. The van der Waals surface area contributed by atoms with E-state index in [1.54, 1.807) is 6.07 Å². The Labute approximate surface area is 174 Å². The Balaban J connectivity index is 1.69. The third kappa shape index (κ3) is 5.18. The maximum absolute atomic E-state index is 12.6. The van der Waals surface area contributed by atoms with Crippen molar-refractivity contribution in [2.75, 3.05) is 26.2 Å². The van der Waals surface area contributed by atoms with Crippen molar-refractivity contribution in [3.8, 4) is 5.75 Å². The SMILES string of the molecule is CCOC(=O)[C@@H](Cc1ccccc1)CN1CC[C@@](C)(c2cccc(O)c2)[C@@H](C)C1. The molecular weight excluding hydrogens is 362 g/mol. The van der Waals surface area contributed by atoms with E-state index in [0.717, 1.165) is 19.5 Å². The van der Waals surface area contributed by atoms with E-state index in [2.05, 4.69) is 36.9 Å². The Hall–Kier alpha value is -2.33. The molecule has 0 unspecified atom stereocenters. The molecule has 1 fully saturated rings.